The summed E-state index contributed by atoms with van der Waals surface area (Å²) < 4.78 is 10.4. The van der Waals surface area contributed by atoms with Gasteiger partial charge < -0.3 is 14.6 Å². The van der Waals surface area contributed by atoms with Crippen molar-refractivity contribution in [1.29, 1.82) is 0 Å². The molecule has 1 heterocycles. The zero-order valence-corrected chi connectivity index (χ0v) is 12.0. The van der Waals surface area contributed by atoms with E-state index in [1.165, 1.54) is 6.92 Å². The minimum Gasteiger partial charge on any atom is -0.481 e. The molecule has 1 atom stereocenters. The molecule has 0 fully saturated rings. The molecule has 0 aliphatic heterocycles. The van der Waals surface area contributed by atoms with E-state index in [0.717, 1.165) is 0 Å². The number of anilines is 1. The fourth-order valence-corrected chi connectivity index (χ4v) is 1.68. The van der Waals surface area contributed by atoms with Crippen LogP contribution in [0.3, 0.4) is 0 Å². The van der Waals surface area contributed by atoms with E-state index < -0.39 is 6.10 Å². The van der Waals surface area contributed by atoms with Crippen molar-refractivity contribution in [3.05, 3.63) is 41.7 Å². The zero-order valence-electron chi connectivity index (χ0n) is 12.0. The van der Waals surface area contributed by atoms with E-state index in [1.54, 1.807) is 44.2 Å². The van der Waals surface area contributed by atoms with Gasteiger partial charge in [0.05, 0.1) is 0 Å². The predicted octanol–water partition coefficient (Wildman–Crippen LogP) is 2.59. The van der Waals surface area contributed by atoms with E-state index in [4.69, 9.17) is 9.26 Å². The Morgan fingerprint density at radius 1 is 1.29 bits per heavy atom. The number of ketones is 1. The van der Waals surface area contributed by atoms with Gasteiger partial charge >= 0.3 is 0 Å². The highest BCUT2D eigenvalue weighted by Crippen LogP contribution is 2.15. The summed E-state index contributed by atoms with van der Waals surface area (Å²) in [7, 11) is 0. The Balaban J connectivity index is 1.95. The molecule has 0 aliphatic carbocycles. The van der Waals surface area contributed by atoms with Crippen molar-refractivity contribution >= 4 is 17.5 Å². The summed E-state index contributed by atoms with van der Waals surface area (Å²) in [6, 6.07) is 8.24. The summed E-state index contributed by atoms with van der Waals surface area (Å²) >= 11 is 0. The molecular weight excluding hydrogens is 272 g/mol. The lowest BCUT2D eigenvalue weighted by Gasteiger charge is -2.13. The Bertz CT molecular complexity index is 646. The van der Waals surface area contributed by atoms with Crippen molar-refractivity contribution in [3.8, 4) is 5.75 Å². The molecule has 110 valence electrons. The van der Waals surface area contributed by atoms with Crippen molar-refractivity contribution < 1.29 is 18.8 Å². The quantitative estimate of drug-likeness (QED) is 0.855. The topological polar surface area (TPSA) is 81.4 Å². The van der Waals surface area contributed by atoms with Gasteiger partial charge in [-0.3, -0.25) is 9.59 Å². The molecule has 21 heavy (non-hydrogen) atoms. The van der Waals surface area contributed by atoms with Gasteiger partial charge in [0.15, 0.2) is 17.7 Å². The molecule has 1 amide bonds. The van der Waals surface area contributed by atoms with Crippen molar-refractivity contribution in [2.45, 2.75) is 26.9 Å². The molecule has 2 rings (SSSR count). The van der Waals surface area contributed by atoms with Crippen molar-refractivity contribution in [2.24, 2.45) is 0 Å². The lowest BCUT2D eigenvalue weighted by molar-refractivity contribution is -0.122. The highest BCUT2D eigenvalue weighted by atomic mass is 16.5. The van der Waals surface area contributed by atoms with E-state index >= 15 is 0 Å². The fourth-order valence-electron chi connectivity index (χ4n) is 1.68. The molecule has 6 nitrogen and oxygen atoms in total. The van der Waals surface area contributed by atoms with E-state index in [0.29, 0.717) is 22.9 Å². The molecule has 1 N–H and O–H groups in total. The van der Waals surface area contributed by atoms with Crippen LogP contribution in [-0.2, 0) is 4.79 Å². The van der Waals surface area contributed by atoms with Gasteiger partial charge in [-0.05, 0) is 45.0 Å². The highest BCUT2D eigenvalue weighted by molar-refractivity contribution is 5.94. The average Bonchev–Trinajstić information content (AvgIpc) is 2.84. The van der Waals surface area contributed by atoms with Gasteiger partial charge in [-0.1, -0.05) is 5.16 Å². The van der Waals surface area contributed by atoms with E-state index in [2.05, 4.69) is 10.5 Å². The first kappa shape index (κ1) is 14.8. The maximum atomic E-state index is 11.9. The summed E-state index contributed by atoms with van der Waals surface area (Å²) in [6.45, 7) is 4.85. The minimum atomic E-state index is -0.704. The normalized spacial score (nSPS) is 11.8. The van der Waals surface area contributed by atoms with Crippen LogP contribution < -0.4 is 10.1 Å². The number of aryl methyl sites for hydroxylation is 1. The Kier molecular flexibility index (Phi) is 4.37. The first-order valence-electron chi connectivity index (χ1n) is 6.47. The van der Waals surface area contributed by atoms with Crippen LogP contribution in [0.25, 0.3) is 0 Å². The summed E-state index contributed by atoms with van der Waals surface area (Å²) in [6.07, 6.45) is -0.704. The summed E-state index contributed by atoms with van der Waals surface area (Å²) in [5, 5.41) is 6.27. The third-order valence-electron chi connectivity index (χ3n) is 2.82. The maximum absolute atomic E-state index is 11.9. The molecular formula is C15H16N2O4. The van der Waals surface area contributed by atoms with Crippen LogP contribution in [0, 0.1) is 6.92 Å². The number of ether oxygens (including phenoxy) is 1. The molecule has 0 saturated heterocycles. The average molecular weight is 288 g/mol. The predicted molar refractivity (Wildman–Crippen MR) is 76.4 cm³/mol. The number of carbonyl (C=O) groups excluding carboxylic acids is 2. The molecule has 1 aromatic carbocycles. The molecule has 0 unspecified atom stereocenters. The number of carbonyl (C=O) groups is 2. The van der Waals surface area contributed by atoms with Gasteiger partial charge in [0.2, 0.25) is 0 Å². The number of rotatable bonds is 5. The van der Waals surface area contributed by atoms with Crippen molar-refractivity contribution in [1.82, 2.24) is 5.16 Å². The first-order chi connectivity index (χ1) is 9.95. The number of benzene rings is 1. The molecule has 6 heteroatoms. The first-order valence-corrected chi connectivity index (χ1v) is 6.47. The third-order valence-corrected chi connectivity index (χ3v) is 2.82. The smallest absolute Gasteiger partial charge is 0.266 e. The lowest BCUT2D eigenvalue weighted by atomic mass is 10.1. The van der Waals surface area contributed by atoms with E-state index in [9.17, 15) is 9.59 Å². The minimum absolute atomic E-state index is 0.0197. The van der Waals surface area contributed by atoms with Gasteiger partial charge in [-0.2, -0.15) is 0 Å². The van der Waals surface area contributed by atoms with Gasteiger partial charge in [-0.25, -0.2) is 0 Å². The van der Waals surface area contributed by atoms with Crippen molar-refractivity contribution in [3.63, 3.8) is 0 Å². The Labute approximate surface area is 122 Å². The Hall–Kier alpha value is -2.63. The summed E-state index contributed by atoms with van der Waals surface area (Å²) in [4.78, 5) is 23.1. The van der Waals surface area contributed by atoms with Gasteiger partial charge in [0, 0.05) is 11.6 Å². The van der Waals surface area contributed by atoms with Gasteiger partial charge in [0.1, 0.15) is 11.5 Å². The molecule has 0 aliphatic rings. The van der Waals surface area contributed by atoms with Gasteiger partial charge in [-0.15, -0.1) is 0 Å². The second kappa shape index (κ2) is 6.21. The highest BCUT2D eigenvalue weighted by Gasteiger charge is 2.16. The van der Waals surface area contributed by atoms with Crippen LogP contribution in [0.2, 0.25) is 0 Å². The molecule has 0 spiro atoms. The van der Waals surface area contributed by atoms with Crippen LogP contribution in [0.15, 0.2) is 34.9 Å². The van der Waals surface area contributed by atoms with Crippen LogP contribution in [0.4, 0.5) is 5.82 Å². The SMILES string of the molecule is CC(=O)c1ccc(O[C@H](C)C(=O)Nc2cc(C)on2)cc1. The van der Waals surface area contributed by atoms with Crippen LogP contribution in [0.5, 0.6) is 5.75 Å². The molecule has 0 bridgehead atoms. The van der Waals surface area contributed by atoms with Crippen LogP contribution in [0.1, 0.15) is 30.0 Å². The number of hydrogen-bond acceptors (Lipinski definition) is 5. The van der Waals surface area contributed by atoms with Crippen LogP contribution in [-0.4, -0.2) is 23.0 Å². The number of hydrogen-bond donors (Lipinski definition) is 1. The number of nitrogens with zero attached hydrogens (tertiary/aromatic N) is 1. The fraction of sp³-hybridized carbons (Fsp3) is 0.267. The molecule has 0 saturated carbocycles. The monoisotopic (exact) mass is 288 g/mol. The zero-order chi connectivity index (χ0) is 15.4. The maximum Gasteiger partial charge on any atom is 0.266 e. The van der Waals surface area contributed by atoms with E-state index in [1.807, 2.05) is 0 Å². The van der Waals surface area contributed by atoms with E-state index in [-0.39, 0.29) is 11.7 Å². The molecule has 2 aromatic rings. The number of amides is 1. The standard InChI is InChI=1S/C15H16N2O4/c1-9-8-14(17-21-9)16-15(19)11(3)20-13-6-4-12(5-7-13)10(2)18/h4-8,11H,1-3H3,(H,16,17,19)/t11-/m1/s1. The lowest BCUT2D eigenvalue weighted by Crippen LogP contribution is -2.30. The molecule has 1 aromatic heterocycles. The molecule has 0 radical (unpaired) electrons. The van der Waals surface area contributed by atoms with Gasteiger partial charge in [0.25, 0.3) is 5.91 Å². The van der Waals surface area contributed by atoms with Crippen LogP contribution >= 0.6 is 0 Å². The Morgan fingerprint density at radius 3 is 2.48 bits per heavy atom. The number of nitrogens with one attached hydrogen (secondary N) is 1. The number of aromatic nitrogens is 1. The second-order valence-electron chi connectivity index (χ2n) is 4.65. The number of Topliss-reactive ketones (excluding diaryl/α,β-unsaturated/α-hetero) is 1. The third kappa shape index (κ3) is 3.92. The Morgan fingerprint density at radius 2 is 1.95 bits per heavy atom. The summed E-state index contributed by atoms with van der Waals surface area (Å²) in [5.41, 5.74) is 0.595. The second-order valence-corrected chi connectivity index (χ2v) is 4.65. The van der Waals surface area contributed by atoms with Crippen molar-refractivity contribution in [2.75, 3.05) is 5.32 Å². The summed E-state index contributed by atoms with van der Waals surface area (Å²) in [5.74, 6) is 1.12. The largest absolute Gasteiger partial charge is 0.481 e.